The average Bonchev–Trinajstić information content (AvgIpc) is 3.85. The van der Waals surface area contributed by atoms with Gasteiger partial charge in [-0.05, 0) is 93.6 Å². The molecule has 61 heavy (non-hydrogen) atoms. The van der Waals surface area contributed by atoms with E-state index in [9.17, 15) is 4.79 Å². The Balaban J connectivity index is 0.000000186. The van der Waals surface area contributed by atoms with Gasteiger partial charge in [-0.2, -0.15) is 10.2 Å². The molecule has 18 heteroatoms. The number of hydrogen-bond donors (Lipinski definition) is 6. The van der Waals surface area contributed by atoms with E-state index in [-0.39, 0.29) is 25.6 Å². The van der Waals surface area contributed by atoms with Crippen molar-refractivity contribution in [1.82, 2.24) is 45.2 Å². The Morgan fingerprint density at radius 1 is 0.754 bits per heavy atom. The van der Waals surface area contributed by atoms with Crippen LogP contribution in [0.25, 0.3) is 44.6 Å². The number of hydrogen-bond acceptors (Lipinski definition) is 13. The van der Waals surface area contributed by atoms with Gasteiger partial charge in [0.1, 0.15) is 58.6 Å². The van der Waals surface area contributed by atoms with Gasteiger partial charge in [-0.3, -0.25) is 5.10 Å². The largest absolute Gasteiger partial charge is 1.00 e. The minimum absolute atomic E-state index is 0. The number of alkyl carbamates (subject to hydrolysis) is 1. The number of nitrogen functional groups attached to an aromatic ring is 2. The molecule has 17 nitrogen and oxygen atoms in total. The van der Waals surface area contributed by atoms with Gasteiger partial charge in [0.15, 0.2) is 11.3 Å². The topological polar surface area (TPSA) is 255 Å². The maximum absolute atomic E-state index is 10.8. The van der Waals surface area contributed by atoms with E-state index in [0.29, 0.717) is 30.4 Å². The van der Waals surface area contributed by atoms with Crippen LogP contribution >= 0.6 is 0 Å². The lowest BCUT2D eigenvalue weighted by atomic mass is 10.1. The Bertz CT molecular complexity index is 2600. The standard InChI is InChI=1S/C19H18N6O.C17H13N5O.C7H15NO3.ClH/c20-10-11-25-19-16(18(21)22-12-23-19)17(24-25)13-6-8-15(9-7-13)26-14-4-2-1-3-5-14;18-16-14-15(21-22-17(14)20-10-19-16)11-6-8-13(9-7-11)23-12-4-2-1-3-5-12;1-7(2,3)11-6(10)8-4-5-9;/h1-9,12H,10-11,20H2,(H2,21,22,23);1-10H,(H3,18,19,20,21,22);9H,4-5H2,1-3H3,(H,8,10);1H. The summed E-state index contributed by atoms with van der Waals surface area (Å²) >= 11 is 0. The Labute approximate surface area is 357 Å². The highest BCUT2D eigenvalue weighted by atomic mass is 35.5. The minimum atomic E-state index is -0.494. The molecule has 8 rings (SSSR count). The summed E-state index contributed by atoms with van der Waals surface area (Å²) in [6.07, 6.45) is 2.37. The van der Waals surface area contributed by atoms with E-state index >= 15 is 0 Å². The van der Waals surface area contributed by atoms with Crippen LogP contribution in [0, 0.1) is 0 Å². The molecule has 4 aromatic carbocycles. The smallest absolute Gasteiger partial charge is 0.407 e. The summed E-state index contributed by atoms with van der Waals surface area (Å²) in [5.41, 5.74) is 20.1. The first-order chi connectivity index (χ1) is 29.0. The van der Waals surface area contributed by atoms with E-state index in [4.69, 9.17) is 30.8 Å². The molecule has 0 bridgehead atoms. The highest BCUT2D eigenvalue weighted by Crippen LogP contribution is 2.33. The van der Waals surface area contributed by atoms with Crippen LogP contribution < -0.4 is 44.4 Å². The first-order valence-corrected chi connectivity index (χ1v) is 19.0. The van der Waals surface area contributed by atoms with Crippen molar-refractivity contribution in [1.29, 1.82) is 0 Å². The van der Waals surface area contributed by atoms with Gasteiger partial charge in [0.05, 0.1) is 36.2 Å². The molecule has 0 fully saturated rings. The van der Waals surface area contributed by atoms with Crippen LogP contribution in [0.5, 0.6) is 23.0 Å². The summed E-state index contributed by atoms with van der Waals surface area (Å²) in [6.45, 7) is 6.89. The number of carbonyl (C=O) groups is 1. The fraction of sp³-hybridized carbons (Fsp3) is 0.186. The number of nitrogens with two attached hydrogens (primary N) is 2. The number of fused-ring (bicyclic) bond motifs is 2. The minimum Gasteiger partial charge on any atom is -1.00 e. The predicted molar refractivity (Wildman–Crippen MR) is 229 cm³/mol. The molecule has 0 saturated carbocycles. The Hall–Kier alpha value is -7.34. The SMILES string of the molecule is CC(C)(C)OC(=O)NCCO.Nc1ncnc2c1c(-c1ccc(Oc3ccccc3)cc1)nn2CC[NH3+].Nc1ncnc2n[nH]c(-c3ccc(Oc4ccccc4)cc3)c12.[Cl-]. The number of nitrogens with zero attached hydrogens (tertiary/aromatic N) is 7. The van der Waals surface area contributed by atoms with Crippen molar-refractivity contribution in [2.45, 2.75) is 32.9 Å². The summed E-state index contributed by atoms with van der Waals surface area (Å²) < 4.78 is 18.3. The zero-order chi connectivity index (χ0) is 42.5. The number of H-pyrrole nitrogens is 1. The van der Waals surface area contributed by atoms with E-state index in [2.05, 4.69) is 46.3 Å². The number of amides is 1. The number of quaternary nitrogens is 1. The van der Waals surface area contributed by atoms with Crippen molar-refractivity contribution in [3.63, 3.8) is 0 Å². The second-order valence-corrected chi connectivity index (χ2v) is 14.0. The van der Waals surface area contributed by atoms with Gasteiger partial charge in [-0.25, -0.2) is 29.4 Å². The highest BCUT2D eigenvalue weighted by molar-refractivity contribution is 5.99. The Morgan fingerprint density at radius 3 is 1.82 bits per heavy atom. The number of aromatic amines is 1. The van der Waals surface area contributed by atoms with Crippen molar-refractivity contribution >= 4 is 39.8 Å². The van der Waals surface area contributed by atoms with Crippen molar-refractivity contribution in [3.8, 4) is 45.5 Å². The molecule has 0 unspecified atom stereocenters. The van der Waals surface area contributed by atoms with Crippen molar-refractivity contribution in [2.24, 2.45) is 0 Å². The molecular formula is C43H47ClN12O5. The number of aliphatic hydroxyl groups is 1. The van der Waals surface area contributed by atoms with Crippen LogP contribution in [0.1, 0.15) is 20.8 Å². The average molecular weight is 847 g/mol. The maximum atomic E-state index is 10.8. The zero-order valence-corrected chi connectivity index (χ0v) is 34.6. The fourth-order valence-corrected chi connectivity index (χ4v) is 5.72. The second kappa shape index (κ2) is 21.1. The van der Waals surface area contributed by atoms with Crippen molar-refractivity contribution in [2.75, 3.05) is 31.2 Å². The molecule has 0 saturated heterocycles. The number of carbonyl (C=O) groups excluding carboxylic acids is 1. The number of aromatic nitrogens is 8. The molecule has 10 N–H and O–H groups in total. The fourth-order valence-electron chi connectivity index (χ4n) is 5.72. The molecule has 0 atom stereocenters. The van der Waals surface area contributed by atoms with Crippen LogP contribution in [-0.4, -0.2) is 76.4 Å². The Kier molecular flexibility index (Phi) is 15.5. The molecule has 4 heterocycles. The number of anilines is 2. The summed E-state index contributed by atoms with van der Waals surface area (Å²) in [7, 11) is 0. The molecule has 1 amide bonds. The second-order valence-electron chi connectivity index (χ2n) is 14.0. The van der Waals surface area contributed by atoms with Gasteiger partial charge in [-0.1, -0.05) is 36.4 Å². The predicted octanol–water partition coefficient (Wildman–Crippen LogP) is 3.01. The lowest BCUT2D eigenvalue weighted by Crippen LogP contribution is -3.00. The molecule has 0 radical (unpaired) electrons. The van der Waals surface area contributed by atoms with Crippen molar-refractivity contribution in [3.05, 3.63) is 122 Å². The first-order valence-electron chi connectivity index (χ1n) is 19.0. The van der Waals surface area contributed by atoms with E-state index in [1.807, 2.05) is 114 Å². The van der Waals surface area contributed by atoms with Gasteiger partial charge >= 0.3 is 6.09 Å². The molecule has 4 aromatic heterocycles. The van der Waals surface area contributed by atoms with Gasteiger partial charge in [0, 0.05) is 17.7 Å². The van der Waals surface area contributed by atoms with E-state index in [1.54, 1.807) is 20.8 Å². The highest BCUT2D eigenvalue weighted by Gasteiger charge is 2.18. The molecular weight excluding hydrogens is 800 g/mol. The van der Waals surface area contributed by atoms with E-state index < -0.39 is 11.7 Å². The molecule has 316 valence electrons. The third kappa shape index (κ3) is 12.1. The summed E-state index contributed by atoms with van der Waals surface area (Å²) in [5.74, 6) is 3.93. The van der Waals surface area contributed by atoms with E-state index in [0.717, 1.165) is 61.9 Å². The number of halogens is 1. The number of rotatable bonds is 10. The number of aliphatic hydroxyl groups excluding tert-OH is 1. The maximum Gasteiger partial charge on any atom is 0.407 e. The van der Waals surface area contributed by atoms with Gasteiger partial charge in [-0.15, -0.1) is 0 Å². The summed E-state index contributed by atoms with van der Waals surface area (Å²) in [6, 6.07) is 34.7. The van der Waals surface area contributed by atoms with Crippen LogP contribution in [-0.2, 0) is 11.3 Å². The third-order valence-corrected chi connectivity index (χ3v) is 8.32. The molecule has 0 spiro atoms. The number of ether oxygens (including phenoxy) is 3. The van der Waals surface area contributed by atoms with Crippen LogP contribution in [0.3, 0.4) is 0 Å². The number of para-hydroxylation sites is 2. The lowest BCUT2D eigenvalue weighted by Gasteiger charge is -2.19. The molecule has 8 aromatic rings. The molecule has 0 aliphatic carbocycles. The molecule has 0 aliphatic heterocycles. The van der Waals surface area contributed by atoms with Gasteiger partial charge in [0.2, 0.25) is 0 Å². The van der Waals surface area contributed by atoms with Crippen LogP contribution in [0.15, 0.2) is 122 Å². The first kappa shape index (κ1) is 44.8. The number of benzene rings is 4. The van der Waals surface area contributed by atoms with Gasteiger partial charge < -0.3 is 54.2 Å². The lowest BCUT2D eigenvalue weighted by molar-refractivity contribution is -0.370. The summed E-state index contributed by atoms with van der Waals surface area (Å²) in [4.78, 5) is 27.3. The zero-order valence-electron chi connectivity index (χ0n) is 33.8. The quantitative estimate of drug-likeness (QED) is 0.116. The summed E-state index contributed by atoms with van der Waals surface area (Å²) in [5, 5.41) is 24.0. The molecule has 0 aliphatic rings. The van der Waals surface area contributed by atoms with Crippen LogP contribution in [0.2, 0.25) is 0 Å². The number of nitrogens with one attached hydrogen (secondary N) is 2. The Morgan fingerprint density at radius 2 is 1.28 bits per heavy atom. The van der Waals surface area contributed by atoms with Crippen molar-refractivity contribution < 1.29 is 42.3 Å². The third-order valence-electron chi connectivity index (χ3n) is 8.32. The van der Waals surface area contributed by atoms with E-state index in [1.165, 1.54) is 12.7 Å². The van der Waals surface area contributed by atoms with Crippen LogP contribution in [0.4, 0.5) is 16.4 Å². The monoisotopic (exact) mass is 846 g/mol. The normalized spacial score (nSPS) is 10.7. The van der Waals surface area contributed by atoms with Gasteiger partial charge in [0.25, 0.3) is 0 Å².